The Bertz CT molecular complexity index is 503. The molecule has 0 radical (unpaired) electrons. The maximum atomic E-state index is 12.4. The van der Waals surface area contributed by atoms with E-state index in [1.165, 1.54) is 19.3 Å². The van der Waals surface area contributed by atoms with Gasteiger partial charge in [0.2, 0.25) is 10.0 Å². The maximum Gasteiger partial charge on any atom is 0.240 e. The minimum Gasteiger partial charge on any atom is -0.326 e. The van der Waals surface area contributed by atoms with Crippen molar-refractivity contribution in [2.45, 2.75) is 62.4 Å². The van der Waals surface area contributed by atoms with Crippen LogP contribution in [0.15, 0.2) is 29.2 Å². The van der Waals surface area contributed by atoms with Gasteiger partial charge in [-0.3, -0.25) is 0 Å². The zero-order valence-corrected chi connectivity index (χ0v) is 12.7. The van der Waals surface area contributed by atoms with E-state index < -0.39 is 10.0 Å². The highest BCUT2D eigenvalue weighted by Gasteiger charge is 2.20. The number of hydrogen-bond acceptors (Lipinski definition) is 3. The number of hydrogen-bond donors (Lipinski definition) is 2. The van der Waals surface area contributed by atoms with Crippen LogP contribution in [0.1, 0.15) is 50.5 Å². The van der Waals surface area contributed by atoms with Crippen molar-refractivity contribution < 1.29 is 8.42 Å². The van der Waals surface area contributed by atoms with Crippen molar-refractivity contribution in [3.63, 3.8) is 0 Å². The van der Waals surface area contributed by atoms with Gasteiger partial charge in [0.15, 0.2) is 0 Å². The summed E-state index contributed by atoms with van der Waals surface area (Å²) in [6.07, 6.45) is 7.81. The summed E-state index contributed by atoms with van der Waals surface area (Å²) < 4.78 is 27.6. The zero-order chi connectivity index (χ0) is 14.4. The molecule has 0 amide bonds. The molecule has 0 saturated heterocycles. The van der Waals surface area contributed by atoms with E-state index in [-0.39, 0.29) is 6.04 Å². The lowest BCUT2D eigenvalue weighted by atomic mass is 9.97. The minimum absolute atomic E-state index is 0.0782. The zero-order valence-electron chi connectivity index (χ0n) is 11.8. The number of nitrogens with two attached hydrogens (primary N) is 1. The van der Waals surface area contributed by atoms with Gasteiger partial charge in [-0.25, -0.2) is 13.1 Å². The molecule has 0 bridgehead atoms. The Morgan fingerprint density at radius 1 is 1.00 bits per heavy atom. The average Bonchev–Trinajstić information content (AvgIpc) is 2.42. The highest BCUT2D eigenvalue weighted by atomic mass is 32.2. The summed E-state index contributed by atoms with van der Waals surface area (Å²) in [6.45, 7) is 0.427. The van der Waals surface area contributed by atoms with Crippen LogP contribution in [-0.2, 0) is 16.6 Å². The van der Waals surface area contributed by atoms with Gasteiger partial charge in [-0.1, -0.05) is 44.2 Å². The van der Waals surface area contributed by atoms with Crippen LogP contribution in [0.4, 0.5) is 0 Å². The second-order valence-electron chi connectivity index (χ2n) is 5.51. The van der Waals surface area contributed by atoms with Crippen LogP contribution in [0.5, 0.6) is 0 Å². The first-order chi connectivity index (χ1) is 9.62. The quantitative estimate of drug-likeness (QED) is 0.897. The van der Waals surface area contributed by atoms with E-state index in [0.29, 0.717) is 11.4 Å². The van der Waals surface area contributed by atoms with Gasteiger partial charge in [0.05, 0.1) is 4.90 Å². The molecule has 2 rings (SSSR count). The lowest BCUT2D eigenvalue weighted by Gasteiger charge is -2.21. The fourth-order valence-corrected chi connectivity index (χ4v) is 3.97. The summed E-state index contributed by atoms with van der Waals surface area (Å²) in [5.41, 5.74) is 6.47. The molecule has 1 aromatic rings. The molecule has 1 fully saturated rings. The molecule has 3 N–H and O–H groups in total. The highest BCUT2D eigenvalue weighted by Crippen LogP contribution is 2.19. The summed E-state index contributed by atoms with van der Waals surface area (Å²) in [6, 6.07) is 6.88. The predicted molar refractivity (Wildman–Crippen MR) is 80.8 cm³/mol. The summed E-state index contributed by atoms with van der Waals surface area (Å²) >= 11 is 0. The van der Waals surface area contributed by atoms with Gasteiger partial charge < -0.3 is 5.73 Å². The predicted octanol–water partition coefficient (Wildman–Crippen LogP) is 2.54. The van der Waals surface area contributed by atoms with Crippen LogP contribution in [0, 0.1) is 0 Å². The minimum atomic E-state index is -3.40. The lowest BCUT2D eigenvalue weighted by Crippen LogP contribution is -2.35. The van der Waals surface area contributed by atoms with E-state index in [1.807, 2.05) is 0 Å². The molecule has 0 atom stereocenters. The van der Waals surface area contributed by atoms with E-state index in [2.05, 4.69) is 4.72 Å². The third-order valence-electron chi connectivity index (χ3n) is 3.90. The van der Waals surface area contributed by atoms with Crippen LogP contribution < -0.4 is 10.5 Å². The van der Waals surface area contributed by atoms with E-state index >= 15 is 0 Å². The van der Waals surface area contributed by atoms with Gasteiger partial charge in [0.25, 0.3) is 0 Å². The van der Waals surface area contributed by atoms with Crippen LogP contribution in [0.25, 0.3) is 0 Å². The Balaban J connectivity index is 2.04. The second-order valence-corrected chi connectivity index (χ2v) is 7.23. The maximum absolute atomic E-state index is 12.4. The Hall–Kier alpha value is -0.910. The van der Waals surface area contributed by atoms with Crippen molar-refractivity contribution in [3.8, 4) is 0 Å². The van der Waals surface area contributed by atoms with E-state index in [9.17, 15) is 8.42 Å². The van der Waals surface area contributed by atoms with E-state index in [0.717, 1.165) is 31.2 Å². The Labute approximate surface area is 121 Å². The van der Waals surface area contributed by atoms with Crippen molar-refractivity contribution in [1.82, 2.24) is 4.72 Å². The first kappa shape index (κ1) is 15.5. The van der Waals surface area contributed by atoms with Gasteiger partial charge in [-0.05, 0) is 30.5 Å². The first-order valence-corrected chi connectivity index (χ1v) is 8.91. The Morgan fingerprint density at radius 3 is 2.10 bits per heavy atom. The van der Waals surface area contributed by atoms with Crippen molar-refractivity contribution in [1.29, 1.82) is 0 Å². The van der Waals surface area contributed by atoms with Crippen LogP contribution in [0.3, 0.4) is 0 Å². The van der Waals surface area contributed by atoms with Gasteiger partial charge >= 0.3 is 0 Å². The standard InChI is InChI=1S/C15H24N2O2S/c16-12-13-8-10-15(11-9-13)20(18,19)17-14-6-4-2-1-3-5-7-14/h8-11,14,17H,1-7,12,16H2. The molecular formula is C15H24N2O2S. The Morgan fingerprint density at radius 2 is 1.55 bits per heavy atom. The summed E-state index contributed by atoms with van der Waals surface area (Å²) in [7, 11) is -3.40. The molecule has 1 aliphatic rings. The largest absolute Gasteiger partial charge is 0.326 e. The molecular weight excluding hydrogens is 272 g/mol. The van der Waals surface area contributed by atoms with Gasteiger partial charge in [0, 0.05) is 12.6 Å². The van der Waals surface area contributed by atoms with E-state index in [1.54, 1.807) is 24.3 Å². The monoisotopic (exact) mass is 296 g/mol. The van der Waals surface area contributed by atoms with Gasteiger partial charge in [-0.15, -0.1) is 0 Å². The smallest absolute Gasteiger partial charge is 0.240 e. The molecule has 0 aromatic heterocycles. The topological polar surface area (TPSA) is 72.2 Å². The van der Waals surface area contributed by atoms with Crippen LogP contribution in [0.2, 0.25) is 0 Å². The van der Waals surface area contributed by atoms with Crippen LogP contribution in [-0.4, -0.2) is 14.5 Å². The fourth-order valence-electron chi connectivity index (χ4n) is 2.67. The lowest BCUT2D eigenvalue weighted by molar-refractivity contribution is 0.426. The van der Waals surface area contributed by atoms with Crippen molar-refractivity contribution in [2.75, 3.05) is 0 Å². The fraction of sp³-hybridized carbons (Fsp3) is 0.600. The molecule has 112 valence electrons. The molecule has 0 unspecified atom stereocenters. The van der Waals surface area contributed by atoms with E-state index in [4.69, 9.17) is 5.73 Å². The molecule has 0 aliphatic heterocycles. The van der Waals surface area contributed by atoms with Gasteiger partial charge in [0.1, 0.15) is 0 Å². The number of rotatable bonds is 4. The molecule has 5 heteroatoms. The molecule has 20 heavy (non-hydrogen) atoms. The average molecular weight is 296 g/mol. The second kappa shape index (κ2) is 7.20. The molecule has 1 aliphatic carbocycles. The molecule has 0 heterocycles. The molecule has 1 saturated carbocycles. The molecule has 0 spiro atoms. The number of nitrogens with one attached hydrogen (secondary N) is 1. The number of benzene rings is 1. The Kier molecular flexibility index (Phi) is 5.57. The normalized spacial score (nSPS) is 18.4. The molecule has 4 nitrogen and oxygen atoms in total. The van der Waals surface area contributed by atoms with Crippen molar-refractivity contribution in [3.05, 3.63) is 29.8 Å². The highest BCUT2D eigenvalue weighted by molar-refractivity contribution is 7.89. The van der Waals surface area contributed by atoms with Gasteiger partial charge in [-0.2, -0.15) is 0 Å². The summed E-state index contributed by atoms with van der Waals surface area (Å²) in [5, 5.41) is 0. The molecule has 1 aromatic carbocycles. The summed E-state index contributed by atoms with van der Waals surface area (Å²) in [4.78, 5) is 0.330. The number of sulfonamides is 1. The third kappa shape index (κ3) is 4.30. The summed E-state index contributed by atoms with van der Waals surface area (Å²) in [5.74, 6) is 0. The third-order valence-corrected chi connectivity index (χ3v) is 5.43. The first-order valence-electron chi connectivity index (χ1n) is 7.43. The van der Waals surface area contributed by atoms with Crippen molar-refractivity contribution in [2.24, 2.45) is 5.73 Å². The SMILES string of the molecule is NCc1ccc(S(=O)(=O)NC2CCCCCCC2)cc1. The van der Waals surface area contributed by atoms with Crippen molar-refractivity contribution >= 4 is 10.0 Å². The van der Waals surface area contributed by atoms with Crippen LogP contribution >= 0.6 is 0 Å².